The van der Waals surface area contributed by atoms with Crippen LogP contribution < -0.4 is 0 Å². The third-order valence-electron chi connectivity index (χ3n) is 12.8. The molecule has 0 bridgehead atoms. The van der Waals surface area contributed by atoms with Crippen molar-refractivity contribution in [3.8, 4) is 11.1 Å². The van der Waals surface area contributed by atoms with Gasteiger partial charge in [0.15, 0.2) is 0 Å². The fourth-order valence-corrected chi connectivity index (χ4v) is 9.11. The van der Waals surface area contributed by atoms with Crippen LogP contribution in [0.2, 0.25) is 0 Å². The van der Waals surface area contributed by atoms with Gasteiger partial charge < -0.3 is 0 Å². The first-order chi connectivity index (χ1) is 26.3. The van der Waals surface area contributed by atoms with E-state index < -0.39 is 5.41 Å². The summed E-state index contributed by atoms with van der Waals surface area (Å²) in [6.45, 7) is 13.8. The van der Waals surface area contributed by atoms with Crippen LogP contribution in [0.3, 0.4) is 0 Å². The van der Waals surface area contributed by atoms with Gasteiger partial charge in [-0.1, -0.05) is 175 Å². The first kappa shape index (κ1) is 35.8. The third-order valence-corrected chi connectivity index (χ3v) is 12.8. The lowest BCUT2D eigenvalue weighted by Gasteiger charge is -2.36. The molecule has 0 atom stereocenters. The van der Waals surface area contributed by atoms with E-state index in [0.717, 1.165) is 12.8 Å². The normalized spacial score (nSPS) is 13.2. The minimum absolute atomic E-state index is 0.107. The molecule has 0 heteroatoms. The number of fused-ring (bicyclic) bond motifs is 7. The predicted octanol–water partition coefficient (Wildman–Crippen LogP) is 15.6. The number of unbranched alkanes of at least 4 members (excludes halogenated alkanes) is 3. The quantitative estimate of drug-likeness (QED) is 0.109. The molecule has 0 N–H and O–H groups in total. The fourth-order valence-electron chi connectivity index (χ4n) is 9.11. The van der Waals surface area contributed by atoms with Crippen LogP contribution in [0.4, 0.5) is 0 Å². The average molecular weight is 703 g/mol. The molecular weight excluding hydrogens is 649 g/mol. The maximum absolute atomic E-state index is 2.58. The Morgan fingerprint density at radius 3 is 1.31 bits per heavy atom. The number of hydrogen-bond acceptors (Lipinski definition) is 0. The summed E-state index contributed by atoms with van der Waals surface area (Å²) in [7, 11) is 0. The van der Waals surface area contributed by atoms with Gasteiger partial charge in [0, 0.05) is 0 Å². The average Bonchev–Trinajstić information content (AvgIpc) is 3.50. The molecule has 0 aliphatic heterocycles. The Bertz CT molecular complexity index is 2510. The van der Waals surface area contributed by atoms with Crippen molar-refractivity contribution in [2.75, 3.05) is 0 Å². The second-order valence-electron chi connectivity index (χ2n) is 16.1. The molecule has 0 aromatic heterocycles. The van der Waals surface area contributed by atoms with Crippen LogP contribution in [0.15, 0.2) is 146 Å². The third kappa shape index (κ3) is 6.01. The van der Waals surface area contributed by atoms with Gasteiger partial charge in [-0.05, 0) is 144 Å². The van der Waals surface area contributed by atoms with Gasteiger partial charge in [0.05, 0.1) is 5.41 Å². The molecule has 270 valence electrons. The first-order valence-electron chi connectivity index (χ1n) is 20.5. The van der Waals surface area contributed by atoms with Gasteiger partial charge in [-0.25, -0.2) is 0 Å². The fraction of sp³-hybridized carbons (Fsp3) is 0.259. The summed E-state index contributed by atoms with van der Waals surface area (Å²) in [5.41, 5.74) is 10.5. The molecular formula is C54H54. The van der Waals surface area contributed by atoms with E-state index in [-0.39, 0.29) is 5.41 Å². The largest absolute Gasteiger partial charge is 0.0714 e. The minimum Gasteiger partial charge on any atom is -0.0654 e. The predicted molar refractivity (Wildman–Crippen MR) is 236 cm³/mol. The van der Waals surface area contributed by atoms with Crippen molar-refractivity contribution in [3.05, 3.63) is 179 Å². The van der Waals surface area contributed by atoms with Gasteiger partial charge in [0.2, 0.25) is 0 Å². The van der Waals surface area contributed by atoms with E-state index in [1.807, 2.05) is 0 Å². The topological polar surface area (TPSA) is 0 Å². The van der Waals surface area contributed by atoms with Gasteiger partial charge in [-0.3, -0.25) is 0 Å². The summed E-state index contributed by atoms with van der Waals surface area (Å²) >= 11 is 0. The van der Waals surface area contributed by atoms with Crippen LogP contribution in [0, 0.1) is 6.92 Å². The zero-order chi connectivity index (χ0) is 37.5. The Hall–Kier alpha value is -5.20. The van der Waals surface area contributed by atoms with Gasteiger partial charge in [-0.2, -0.15) is 0 Å². The Morgan fingerprint density at radius 2 is 0.852 bits per heavy atom. The molecule has 9 rings (SSSR count). The highest BCUT2D eigenvalue weighted by Gasteiger charge is 2.47. The van der Waals surface area contributed by atoms with Crippen molar-refractivity contribution in [1.82, 2.24) is 0 Å². The number of benzene rings is 8. The minimum atomic E-state index is -0.477. The van der Waals surface area contributed by atoms with Crippen molar-refractivity contribution >= 4 is 43.1 Å². The summed E-state index contributed by atoms with van der Waals surface area (Å²) in [5.74, 6) is 0. The maximum atomic E-state index is 2.58. The second-order valence-corrected chi connectivity index (χ2v) is 16.1. The number of aryl methyl sites for hydroxylation is 1. The molecule has 0 heterocycles. The molecule has 8 aromatic carbocycles. The van der Waals surface area contributed by atoms with Crippen molar-refractivity contribution in [3.63, 3.8) is 0 Å². The van der Waals surface area contributed by atoms with Crippen molar-refractivity contribution in [1.29, 1.82) is 0 Å². The lowest BCUT2D eigenvalue weighted by atomic mass is 9.66. The van der Waals surface area contributed by atoms with E-state index >= 15 is 0 Å². The van der Waals surface area contributed by atoms with Crippen LogP contribution >= 0.6 is 0 Å². The molecule has 0 saturated carbocycles. The Labute approximate surface area is 322 Å². The maximum Gasteiger partial charge on any atom is 0.0714 e. The van der Waals surface area contributed by atoms with Crippen LogP contribution in [0.25, 0.3) is 54.2 Å². The van der Waals surface area contributed by atoms with E-state index in [1.54, 1.807) is 0 Å². The van der Waals surface area contributed by atoms with Crippen molar-refractivity contribution in [2.24, 2.45) is 0 Å². The molecule has 54 heavy (non-hydrogen) atoms. The molecule has 0 spiro atoms. The van der Waals surface area contributed by atoms with Crippen LogP contribution in [0.1, 0.15) is 107 Å². The molecule has 0 radical (unpaired) electrons. The van der Waals surface area contributed by atoms with Gasteiger partial charge in [0.1, 0.15) is 0 Å². The lowest BCUT2D eigenvalue weighted by Crippen LogP contribution is -2.29. The molecule has 0 saturated heterocycles. The summed E-state index contributed by atoms with van der Waals surface area (Å²) in [4.78, 5) is 0. The van der Waals surface area contributed by atoms with E-state index in [4.69, 9.17) is 0 Å². The van der Waals surface area contributed by atoms with Crippen molar-refractivity contribution < 1.29 is 0 Å². The molecule has 8 aromatic rings. The van der Waals surface area contributed by atoms with E-state index in [9.17, 15) is 0 Å². The highest BCUT2D eigenvalue weighted by atomic mass is 14.5. The second kappa shape index (κ2) is 14.6. The standard InChI is InChI=1S/C48H40.C6H14/c1-5-47(4,6-2)40-20-22-44-43-21-15-31(3)23-45(43)48(46(44)30-40,41-18-16-36-24-32-11-7-9-13-34(32)26-38(36)28-41)42-19-17-37-25-33-12-8-10-14-35(33)27-39(37)29-42;1-3-5-6-4-2/h7-30H,5-6H2,1-4H3;3-6H2,1-2H3. The highest BCUT2D eigenvalue weighted by molar-refractivity contribution is 6.01. The van der Waals surface area contributed by atoms with Crippen LogP contribution in [-0.4, -0.2) is 0 Å². The molecule has 0 amide bonds. The number of hydrogen-bond donors (Lipinski definition) is 0. The van der Waals surface area contributed by atoms with Gasteiger partial charge in [0.25, 0.3) is 0 Å². The molecule has 0 fully saturated rings. The summed E-state index contributed by atoms with van der Waals surface area (Å²) in [6.07, 6.45) is 7.75. The zero-order valence-electron chi connectivity index (χ0n) is 33.1. The van der Waals surface area contributed by atoms with E-state index in [1.165, 1.54) is 113 Å². The highest BCUT2D eigenvalue weighted by Crippen LogP contribution is 2.58. The Kier molecular flexibility index (Phi) is 9.65. The monoisotopic (exact) mass is 702 g/mol. The lowest BCUT2D eigenvalue weighted by molar-refractivity contribution is 0.438. The van der Waals surface area contributed by atoms with Crippen LogP contribution in [0.5, 0.6) is 0 Å². The van der Waals surface area contributed by atoms with E-state index in [0.29, 0.717) is 0 Å². The van der Waals surface area contributed by atoms with Gasteiger partial charge >= 0.3 is 0 Å². The summed E-state index contributed by atoms with van der Waals surface area (Å²) in [6, 6.07) is 55.9. The SMILES string of the molecule is CCC(C)(CC)c1ccc2c(c1)C(c1ccc3cc4ccccc4cc3c1)(c1ccc3cc4ccccc4cc3c1)c1cc(C)ccc1-2.CCCCCC. The summed E-state index contributed by atoms with van der Waals surface area (Å²) in [5, 5.41) is 10.2. The summed E-state index contributed by atoms with van der Waals surface area (Å²) < 4.78 is 0. The van der Waals surface area contributed by atoms with E-state index in [2.05, 4.69) is 187 Å². The van der Waals surface area contributed by atoms with Crippen molar-refractivity contribution in [2.45, 2.75) is 90.9 Å². The Morgan fingerprint density at radius 1 is 0.426 bits per heavy atom. The molecule has 1 aliphatic rings. The smallest absolute Gasteiger partial charge is 0.0654 e. The first-order valence-corrected chi connectivity index (χ1v) is 20.5. The molecule has 0 unspecified atom stereocenters. The zero-order valence-corrected chi connectivity index (χ0v) is 33.1. The number of rotatable bonds is 8. The molecule has 0 nitrogen and oxygen atoms in total. The van der Waals surface area contributed by atoms with Gasteiger partial charge in [-0.15, -0.1) is 0 Å². The molecule has 1 aliphatic carbocycles. The Balaban J connectivity index is 0.000000640. The van der Waals surface area contributed by atoms with Crippen LogP contribution in [-0.2, 0) is 10.8 Å².